The van der Waals surface area contributed by atoms with Crippen LogP contribution in [0.4, 0.5) is 0 Å². The fraction of sp³-hybridized carbons (Fsp3) is 0.957. The van der Waals surface area contributed by atoms with Crippen LogP contribution in [0.15, 0.2) is 0 Å². The van der Waals surface area contributed by atoms with Crippen molar-refractivity contribution < 1.29 is 0 Å². The molecule has 3 saturated carbocycles. The molecule has 0 aromatic rings. The summed E-state index contributed by atoms with van der Waals surface area (Å²) in [6, 6.07) is 0. The van der Waals surface area contributed by atoms with Gasteiger partial charge >= 0.3 is 0 Å². The minimum Gasteiger partial charge on any atom is -0.0530 e. The molecule has 1 atom stereocenters. The highest BCUT2D eigenvalue weighted by atomic mass is 14.3. The van der Waals surface area contributed by atoms with E-state index in [9.17, 15) is 0 Å². The van der Waals surface area contributed by atoms with E-state index in [2.05, 4.69) is 6.42 Å². The summed E-state index contributed by atoms with van der Waals surface area (Å²) >= 11 is 0. The van der Waals surface area contributed by atoms with Crippen molar-refractivity contribution in [2.75, 3.05) is 0 Å². The summed E-state index contributed by atoms with van der Waals surface area (Å²) < 4.78 is 0. The number of unbranched alkanes of at least 4 members (excludes halogenated alkanes) is 3. The minimum absolute atomic E-state index is 0.963. The van der Waals surface area contributed by atoms with Crippen LogP contribution in [-0.2, 0) is 0 Å². The van der Waals surface area contributed by atoms with E-state index in [-0.39, 0.29) is 0 Å². The minimum atomic E-state index is 0.963. The molecule has 0 N–H and O–H groups in total. The number of rotatable bonds is 13. The first kappa shape index (κ1) is 17.8. The Bertz CT molecular complexity index is 295. The first-order valence-electron chi connectivity index (χ1n) is 11.2. The third-order valence-electron chi connectivity index (χ3n) is 7.31. The normalized spacial score (nSPS) is 24.0. The van der Waals surface area contributed by atoms with E-state index in [1.165, 1.54) is 103 Å². The van der Waals surface area contributed by atoms with E-state index < -0.39 is 0 Å². The lowest BCUT2D eigenvalue weighted by Crippen LogP contribution is -2.17. The molecule has 23 heavy (non-hydrogen) atoms. The first-order chi connectivity index (χ1) is 11.4. The van der Waals surface area contributed by atoms with Crippen molar-refractivity contribution in [2.24, 2.45) is 23.7 Å². The third-order valence-corrected chi connectivity index (χ3v) is 7.31. The zero-order valence-electron chi connectivity index (χ0n) is 15.6. The van der Waals surface area contributed by atoms with Crippen molar-refractivity contribution in [1.29, 1.82) is 0 Å². The van der Waals surface area contributed by atoms with Crippen LogP contribution < -0.4 is 0 Å². The highest BCUT2D eigenvalue weighted by Crippen LogP contribution is 2.36. The van der Waals surface area contributed by atoms with E-state index in [4.69, 9.17) is 0 Å². The second-order valence-electron chi connectivity index (χ2n) is 9.19. The summed E-state index contributed by atoms with van der Waals surface area (Å²) in [5, 5.41) is 0. The third kappa shape index (κ3) is 6.43. The molecule has 0 aromatic heterocycles. The maximum Gasteiger partial charge on any atom is -0.0355 e. The average Bonchev–Trinajstić information content (AvgIpc) is 2.41. The lowest BCUT2D eigenvalue weighted by atomic mass is 9.76. The van der Waals surface area contributed by atoms with Gasteiger partial charge in [-0.25, -0.2) is 0 Å². The Kier molecular flexibility index (Phi) is 7.82. The van der Waals surface area contributed by atoms with Gasteiger partial charge in [-0.05, 0) is 42.9 Å². The van der Waals surface area contributed by atoms with Crippen molar-refractivity contribution in [3.8, 4) is 0 Å². The van der Waals surface area contributed by atoms with Crippen molar-refractivity contribution in [3.05, 3.63) is 6.42 Å². The Morgan fingerprint density at radius 1 is 0.652 bits per heavy atom. The summed E-state index contributed by atoms with van der Waals surface area (Å²) in [5.41, 5.74) is 0. The van der Waals surface area contributed by atoms with Crippen molar-refractivity contribution in [2.45, 2.75) is 116 Å². The van der Waals surface area contributed by atoms with E-state index in [1.54, 1.807) is 12.8 Å². The number of hydrogen-bond acceptors (Lipinski definition) is 0. The summed E-state index contributed by atoms with van der Waals surface area (Å²) in [7, 11) is 0. The lowest BCUT2D eigenvalue weighted by molar-refractivity contribution is 0.245. The molecule has 3 aliphatic rings. The topological polar surface area (TPSA) is 0 Å². The zero-order chi connectivity index (χ0) is 15.7. The van der Waals surface area contributed by atoms with Gasteiger partial charge in [-0.15, -0.1) is 0 Å². The lowest BCUT2D eigenvalue weighted by Gasteiger charge is -2.30. The molecule has 0 aromatic carbocycles. The molecule has 3 fully saturated rings. The quantitative estimate of drug-likeness (QED) is 0.305. The maximum atomic E-state index is 2.75. The van der Waals surface area contributed by atoms with Gasteiger partial charge in [-0.2, -0.15) is 0 Å². The van der Waals surface area contributed by atoms with Gasteiger partial charge < -0.3 is 0 Å². The summed E-state index contributed by atoms with van der Waals surface area (Å²) in [5.74, 6) is 4.30. The molecule has 0 heterocycles. The van der Waals surface area contributed by atoms with Gasteiger partial charge in [-0.3, -0.25) is 0 Å². The standard InChI is InChI=1S/C23H41/c1(2-9-20-13-6-14-20)3-11-22(19-23-17-8-18-23)12-5-4-10-21-15-7-16-21/h11,20-23H,1-10,12-19H2. The molecule has 1 unspecified atom stereocenters. The summed E-state index contributed by atoms with van der Waals surface area (Å²) in [6.45, 7) is 0. The molecule has 0 saturated heterocycles. The molecule has 0 spiro atoms. The van der Waals surface area contributed by atoms with Gasteiger partial charge in [0.25, 0.3) is 0 Å². The van der Waals surface area contributed by atoms with Crippen LogP contribution in [0.25, 0.3) is 0 Å². The molecule has 133 valence electrons. The van der Waals surface area contributed by atoms with Gasteiger partial charge in [0.15, 0.2) is 0 Å². The average molecular weight is 318 g/mol. The Hall–Kier alpha value is 0. The van der Waals surface area contributed by atoms with E-state index in [0.717, 1.165) is 23.7 Å². The van der Waals surface area contributed by atoms with E-state index >= 15 is 0 Å². The first-order valence-corrected chi connectivity index (χ1v) is 11.2. The van der Waals surface area contributed by atoms with Crippen LogP contribution in [0.1, 0.15) is 116 Å². The van der Waals surface area contributed by atoms with Gasteiger partial charge in [0.1, 0.15) is 0 Å². The Morgan fingerprint density at radius 3 is 1.74 bits per heavy atom. The Balaban J connectivity index is 1.22. The molecule has 1 radical (unpaired) electrons. The van der Waals surface area contributed by atoms with E-state index in [1.807, 2.05) is 0 Å². The zero-order valence-corrected chi connectivity index (χ0v) is 15.6. The Labute approximate surface area is 146 Å². The molecule has 0 aliphatic heterocycles. The predicted molar refractivity (Wildman–Crippen MR) is 101 cm³/mol. The SMILES string of the molecule is [CH](CCCCC1CCC1)C(CCCCC1CCC1)CC1CCC1. The van der Waals surface area contributed by atoms with Crippen LogP contribution in [0.2, 0.25) is 0 Å². The molecule has 0 nitrogen and oxygen atoms in total. The molecule has 0 amide bonds. The van der Waals surface area contributed by atoms with Gasteiger partial charge in [0, 0.05) is 0 Å². The van der Waals surface area contributed by atoms with Crippen LogP contribution in [0.3, 0.4) is 0 Å². The van der Waals surface area contributed by atoms with Crippen molar-refractivity contribution in [1.82, 2.24) is 0 Å². The van der Waals surface area contributed by atoms with Crippen LogP contribution >= 0.6 is 0 Å². The molecule has 3 aliphatic carbocycles. The number of hydrogen-bond donors (Lipinski definition) is 0. The summed E-state index contributed by atoms with van der Waals surface area (Å²) in [6.07, 6.45) is 30.0. The fourth-order valence-corrected chi connectivity index (χ4v) is 4.82. The highest BCUT2D eigenvalue weighted by molar-refractivity contribution is 4.82. The maximum absolute atomic E-state index is 2.75. The van der Waals surface area contributed by atoms with Crippen LogP contribution in [0.5, 0.6) is 0 Å². The highest BCUT2D eigenvalue weighted by Gasteiger charge is 2.22. The second-order valence-corrected chi connectivity index (χ2v) is 9.19. The van der Waals surface area contributed by atoms with E-state index in [0.29, 0.717) is 0 Å². The second kappa shape index (κ2) is 10.1. The van der Waals surface area contributed by atoms with Crippen LogP contribution in [-0.4, -0.2) is 0 Å². The largest absolute Gasteiger partial charge is 0.0530 e. The van der Waals surface area contributed by atoms with Gasteiger partial charge in [-0.1, -0.05) is 103 Å². The predicted octanol–water partition coefficient (Wildman–Crippen LogP) is 7.72. The Morgan fingerprint density at radius 2 is 1.22 bits per heavy atom. The molecule has 3 rings (SSSR count). The smallest absolute Gasteiger partial charge is 0.0355 e. The fourth-order valence-electron chi connectivity index (χ4n) is 4.82. The molecular formula is C23H41. The molecule has 0 bridgehead atoms. The van der Waals surface area contributed by atoms with Crippen molar-refractivity contribution in [3.63, 3.8) is 0 Å². The van der Waals surface area contributed by atoms with Crippen molar-refractivity contribution >= 4 is 0 Å². The van der Waals surface area contributed by atoms with Crippen LogP contribution in [0, 0.1) is 30.1 Å². The molecular weight excluding hydrogens is 276 g/mol. The van der Waals surface area contributed by atoms with Gasteiger partial charge in [0.2, 0.25) is 0 Å². The molecule has 0 heteroatoms. The van der Waals surface area contributed by atoms with Gasteiger partial charge in [0.05, 0.1) is 0 Å². The summed E-state index contributed by atoms with van der Waals surface area (Å²) in [4.78, 5) is 0. The monoisotopic (exact) mass is 317 g/mol.